The summed E-state index contributed by atoms with van der Waals surface area (Å²) in [7, 11) is -3.31. The van der Waals surface area contributed by atoms with Crippen LogP contribution in [0.15, 0.2) is 54.6 Å². The summed E-state index contributed by atoms with van der Waals surface area (Å²) in [6.07, 6.45) is 1.16. The lowest BCUT2D eigenvalue weighted by Gasteiger charge is -2.21. The van der Waals surface area contributed by atoms with Crippen molar-refractivity contribution in [1.82, 2.24) is 9.62 Å². The molecule has 0 unspecified atom stereocenters. The monoisotopic (exact) mass is 386 g/mol. The molecule has 3 rings (SSSR count). The minimum Gasteiger partial charge on any atom is -0.337 e. The maximum atomic E-state index is 12.9. The lowest BCUT2D eigenvalue weighted by Crippen LogP contribution is -2.41. The molecule has 2 aromatic carbocycles. The zero-order valence-electron chi connectivity index (χ0n) is 15.9. The van der Waals surface area contributed by atoms with Crippen LogP contribution in [0.2, 0.25) is 0 Å². The van der Waals surface area contributed by atoms with Crippen molar-refractivity contribution in [3.63, 3.8) is 0 Å². The summed E-state index contributed by atoms with van der Waals surface area (Å²) in [5, 5.41) is 0. The van der Waals surface area contributed by atoms with Crippen molar-refractivity contribution < 1.29 is 13.2 Å². The quantitative estimate of drug-likeness (QED) is 0.859. The van der Waals surface area contributed by atoms with E-state index in [-0.39, 0.29) is 23.8 Å². The molecule has 0 spiro atoms. The third-order valence-corrected chi connectivity index (χ3v) is 5.84. The molecule has 1 heterocycles. The Morgan fingerprint density at radius 1 is 1.00 bits per heavy atom. The highest BCUT2D eigenvalue weighted by molar-refractivity contribution is 7.88. The van der Waals surface area contributed by atoms with Crippen molar-refractivity contribution >= 4 is 15.9 Å². The first kappa shape index (κ1) is 19.6. The van der Waals surface area contributed by atoms with Gasteiger partial charge in [0.15, 0.2) is 0 Å². The van der Waals surface area contributed by atoms with E-state index >= 15 is 0 Å². The maximum absolute atomic E-state index is 12.9. The van der Waals surface area contributed by atoms with Gasteiger partial charge in [-0.25, -0.2) is 13.1 Å². The third-order valence-electron chi connectivity index (χ3n) is 5.11. The molecular formula is C21H26N2O3S. The number of benzene rings is 2. The Labute approximate surface area is 161 Å². The Hall–Kier alpha value is -2.18. The highest BCUT2D eigenvalue weighted by atomic mass is 32.2. The van der Waals surface area contributed by atoms with Crippen molar-refractivity contribution in [3.05, 3.63) is 60.2 Å². The average molecular weight is 387 g/mol. The van der Waals surface area contributed by atoms with Gasteiger partial charge in [-0.3, -0.25) is 4.79 Å². The first-order valence-electron chi connectivity index (χ1n) is 9.16. The second-order valence-electron chi connectivity index (χ2n) is 7.56. The summed E-state index contributed by atoms with van der Waals surface area (Å²) in [5.74, 6) is 0.327. The Kier molecular flexibility index (Phi) is 5.67. The van der Waals surface area contributed by atoms with Crippen LogP contribution in [0.25, 0.3) is 11.1 Å². The number of carbonyl (C=O) groups excluding carboxylic acids is 1. The van der Waals surface area contributed by atoms with Gasteiger partial charge in [-0.15, -0.1) is 0 Å². The molecule has 2 aromatic rings. The molecule has 144 valence electrons. The van der Waals surface area contributed by atoms with E-state index in [9.17, 15) is 13.2 Å². The lowest BCUT2D eigenvalue weighted by atomic mass is 9.92. The van der Waals surface area contributed by atoms with Crippen LogP contribution in [0, 0.1) is 11.8 Å². The second kappa shape index (κ2) is 7.82. The predicted molar refractivity (Wildman–Crippen MR) is 108 cm³/mol. The molecule has 0 bridgehead atoms. The van der Waals surface area contributed by atoms with Gasteiger partial charge < -0.3 is 4.90 Å². The number of likely N-dealkylation sites (tertiary alicyclic amines) is 1. The number of amides is 1. The zero-order chi connectivity index (χ0) is 19.6. The number of rotatable bonds is 5. The van der Waals surface area contributed by atoms with E-state index in [1.54, 1.807) is 4.90 Å². The van der Waals surface area contributed by atoms with Crippen LogP contribution in [0.3, 0.4) is 0 Å². The second-order valence-corrected chi connectivity index (χ2v) is 9.34. The van der Waals surface area contributed by atoms with Gasteiger partial charge in [0.25, 0.3) is 5.91 Å². The SMILES string of the molecule is CC(C)[C@@H]1CN(C(=O)c2ccc(-c3ccccc3)cc2)C[C@H]1NS(C)(=O)=O. The summed E-state index contributed by atoms with van der Waals surface area (Å²) in [5.41, 5.74) is 2.79. The third kappa shape index (κ3) is 4.76. The van der Waals surface area contributed by atoms with Crippen LogP contribution in [0.1, 0.15) is 24.2 Å². The standard InChI is InChI=1S/C21H26N2O3S/c1-15(2)19-13-23(14-20(19)22-27(3,25)26)21(24)18-11-9-17(10-12-18)16-7-5-4-6-8-16/h4-12,15,19-20,22H,13-14H2,1-3H3/t19-,20+/m0/s1. The fourth-order valence-electron chi connectivity index (χ4n) is 3.69. The molecule has 0 radical (unpaired) electrons. The van der Waals surface area contributed by atoms with E-state index < -0.39 is 10.0 Å². The minimum atomic E-state index is -3.31. The highest BCUT2D eigenvalue weighted by Gasteiger charge is 2.38. The maximum Gasteiger partial charge on any atom is 0.253 e. The van der Waals surface area contributed by atoms with Crippen LogP contribution in [-0.2, 0) is 10.0 Å². The van der Waals surface area contributed by atoms with Gasteiger partial charge in [-0.2, -0.15) is 0 Å². The Balaban J connectivity index is 1.75. The Morgan fingerprint density at radius 3 is 2.15 bits per heavy atom. The fraction of sp³-hybridized carbons (Fsp3) is 0.381. The first-order chi connectivity index (χ1) is 12.7. The number of nitrogens with zero attached hydrogens (tertiary/aromatic N) is 1. The summed E-state index contributed by atoms with van der Waals surface area (Å²) in [6.45, 7) is 5.08. The van der Waals surface area contributed by atoms with Crippen molar-refractivity contribution in [3.8, 4) is 11.1 Å². The summed E-state index contributed by atoms with van der Waals surface area (Å²) in [4.78, 5) is 14.7. The highest BCUT2D eigenvalue weighted by Crippen LogP contribution is 2.27. The van der Waals surface area contributed by atoms with Gasteiger partial charge in [-0.05, 0) is 35.1 Å². The van der Waals surface area contributed by atoms with Crippen molar-refractivity contribution in [2.24, 2.45) is 11.8 Å². The van der Waals surface area contributed by atoms with Crippen LogP contribution in [0.5, 0.6) is 0 Å². The van der Waals surface area contributed by atoms with Crippen LogP contribution >= 0.6 is 0 Å². The molecule has 0 aromatic heterocycles. The van der Waals surface area contributed by atoms with Crippen molar-refractivity contribution in [1.29, 1.82) is 0 Å². The van der Waals surface area contributed by atoms with Crippen LogP contribution in [0.4, 0.5) is 0 Å². The van der Waals surface area contributed by atoms with Crippen LogP contribution < -0.4 is 4.72 Å². The minimum absolute atomic E-state index is 0.0573. The Bertz CT molecular complexity index is 893. The van der Waals surface area contributed by atoms with E-state index in [4.69, 9.17) is 0 Å². The molecule has 5 nitrogen and oxygen atoms in total. The van der Waals surface area contributed by atoms with Gasteiger partial charge in [0.1, 0.15) is 0 Å². The molecule has 0 aliphatic carbocycles. The molecule has 2 atom stereocenters. The molecule has 1 N–H and O–H groups in total. The van der Waals surface area contributed by atoms with E-state index in [0.717, 1.165) is 17.4 Å². The summed E-state index contributed by atoms with van der Waals surface area (Å²) < 4.78 is 26.0. The number of sulfonamides is 1. The molecule has 1 fully saturated rings. The van der Waals surface area contributed by atoms with Gasteiger partial charge in [-0.1, -0.05) is 56.3 Å². The van der Waals surface area contributed by atoms with E-state index in [2.05, 4.69) is 18.6 Å². The average Bonchev–Trinajstić information content (AvgIpc) is 3.04. The summed E-state index contributed by atoms with van der Waals surface area (Å²) >= 11 is 0. The fourth-order valence-corrected chi connectivity index (χ4v) is 4.49. The Morgan fingerprint density at radius 2 is 1.59 bits per heavy atom. The van der Waals surface area contributed by atoms with Crippen molar-refractivity contribution in [2.75, 3.05) is 19.3 Å². The molecular weight excluding hydrogens is 360 g/mol. The van der Waals surface area contributed by atoms with Gasteiger partial charge in [0.2, 0.25) is 10.0 Å². The topological polar surface area (TPSA) is 66.5 Å². The number of hydrogen-bond acceptors (Lipinski definition) is 3. The predicted octanol–water partition coefficient (Wildman–Crippen LogP) is 3.00. The zero-order valence-corrected chi connectivity index (χ0v) is 16.7. The largest absolute Gasteiger partial charge is 0.337 e. The number of hydrogen-bond donors (Lipinski definition) is 1. The molecule has 6 heteroatoms. The first-order valence-corrected chi connectivity index (χ1v) is 11.1. The van der Waals surface area contributed by atoms with E-state index in [1.807, 2.05) is 54.6 Å². The number of nitrogens with one attached hydrogen (secondary N) is 1. The molecule has 1 aliphatic rings. The normalized spacial score (nSPS) is 20.2. The smallest absolute Gasteiger partial charge is 0.253 e. The van der Waals surface area contributed by atoms with Crippen LogP contribution in [-0.4, -0.2) is 44.6 Å². The molecule has 27 heavy (non-hydrogen) atoms. The molecule has 1 saturated heterocycles. The number of carbonyl (C=O) groups is 1. The summed E-state index contributed by atoms with van der Waals surface area (Å²) in [6, 6.07) is 17.3. The molecule has 0 saturated carbocycles. The van der Waals surface area contributed by atoms with Crippen molar-refractivity contribution in [2.45, 2.75) is 19.9 Å². The van der Waals surface area contributed by atoms with Gasteiger partial charge in [0.05, 0.1) is 6.26 Å². The van der Waals surface area contributed by atoms with E-state index in [1.165, 1.54) is 0 Å². The molecule has 1 aliphatic heterocycles. The molecule has 1 amide bonds. The van der Waals surface area contributed by atoms with Gasteiger partial charge >= 0.3 is 0 Å². The lowest BCUT2D eigenvalue weighted by molar-refractivity contribution is 0.0783. The van der Waals surface area contributed by atoms with E-state index in [0.29, 0.717) is 18.7 Å². The van der Waals surface area contributed by atoms with Gasteiger partial charge in [0, 0.05) is 24.7 Å².